The highest BCUT2D eigenvalue weighted by Gasteiger charge is 2.17. The first kappa shape index (κ1) is 39.5. The average Bonchev–Trinajstić information content (AvgIpc) is 3.40. The van der Waals surface area contributed by atoms with E-state index in [2.05, 4.69) is 120 Å². The molecule has 1 heterocycles. The van der Waals surface area contributed by atoms with Crippen molar-refractivity contribution in [2.75, 3.05) is 0 Å². The van der Waals surface area contributed by atoms with Gasteiger partial charge in [-0.3, -0.25) is 0 Å². The minimum atomic E-state index is 0.459. The Morgan fingerprint density at radius 3 is 1.50 bits per heavy atom. The lowest BCUT2D eigenvalue weighted by atomic mass is 9.93. The van der Waals surface area contributed by atoms with E-state index in [0.29, 0.717) is 34.3 Å². The van der Waals surface area contributed by atoms with E-state index < -0.39 is 0 Å². The van der Waals surface area contributed by atoms with Crippen LogP contribution in [-0.4, -0.2) is 15.0 Å². The van der Waals surface area contributed by atoms with Crippen LogP contribution in [0.3, 0.4) is 0 Å². The van der Waals surface area contributed by atoms with Gasteiger partial charge in [-0.1, -0.05) is 200 Å². The van der Waals surface area contributed by atoms with E-state index in [9.17, 15) is 5.26 Å². The van der Waals surface area contributed by atoms with Crippen LogP contribution in [0.4, 0.5) is 5.69 Å². The van der Waals surface area contributed by atoms with E-state index in [-0.39, 0.29) is 0 Å². The predicted octanol–water partition coefficient (Wildman–Crippen LogP) is 15.9. The summed E-state index contributed by atoms with van der Waals surface area (Å²) in [5.41, 5.74) is 13.6. The van der Waals surface area contributed by atoms with Crippen LogP contribution in [0.2, 0.25) is 0 Å². The maximum Gasteiger partial charge on any atom is 0.194 e. The Kier molecular flexibility index (Phi) is 10.3. The van der Waals surface area contributed by atoms with Crippen molar-refractivity contribution in [3.8, 4) is 95.9 Å². The Morgan fingerprint density at radius 1 is 0.333 bits per heavy atom. The summed E-state index contributed by atoms with van der Waals surface area (Å²) in [5, 5.41) is 15.2. The second-order valence-corrected chi connectivity index (χ2v) is 16.2. The monoisotopic (exact) mass is 839 g/mol. The van der Waals surface area contributed by atoms with Crippen molar-refractivity contribution in [1.29, 1.82) is 5.26 Å². The molecule has 306 valence electrons. The van der Waals surface area contributed by atoms with Gasteiger partial charge in [0.1, 0.15) is 0 Å². The van der Waals surface area contributed by atoms with Gasteiger partial charge in [-0.25, -0.2) is 19.8 Å². The van der Waals surface area contributed by atoms with E-state index >= 15 is 0 Å². The normalized spacial score (nSPS) is 11.0. The summed E-state index contributed by atoms with van der Waals surface area (Å²) in [4.78, 5) is 18.9. The summed E-state index contributed by atoms with van der Waals surface area (Å²) in [6.45, 7) is 8.15. The van der Waals surface area contributed by atoms with Gasteiger partial charge in [0.25, 0.3) is 0 Å². The summed E-state index contributed by atoms with van der Waals surface area (Å²) in [7, 11) is 0. The number of hydrogen-bond acceptors (Lipinski definition) is 4. The average molecular weight is 840 g/mol. The maximum absolute atomic E-state index is 10.2. The van der Waals surface area contributed by atoms with Crippen LogP contribution >= 0.6 is 0 Å². The van der Waals surface area contributed by atoms with Crippen molar-refractivity contribution in [2.45, 2.75) is 0 Å². The first-order chi connectivity index (χ1) is 32.6. The third-order valence-corrected chi connectivity index (χ3v) is 12.2. The molecule has 0 aliphatic carbocycles. The van der Waals surface area contributed by atoms with Crippen molar-refractivity contribution in [1.82, 2.24) is 15.0 Å². The van der Waals surface area contributed by atoms with Crippen molar-refractivity contribution < 1.29 is 0 Å². The Labute approximate surface area is 383 Å². The van der Waals surface area contributed by atoms with Crippen LogP contribution in [0, 0.1) is 17.9 Å². The zero-order valence-electron chi connectivity index (χ0n) is 35.6. The van der Waals surface area contributed by atoms with E-state index in [4.69, 9.17) is 21.5 Å². The van der Waals surface area contributed by atoms with E-state index in [1.165, 1.54) is 32.7 Å². The van der Waals surface area contributed by atoms with Crippen molar-refractivity contribution in [2.24, 2.45) is 0 Å². The van der Waals surface area contributed by atoms with E-state index in [1.807, 2.05) is 115 Å². The number of benzene rings is 10. The fraction of sp³-hybridized carbons (Fsp3) is 0. The van der Waals surface area contributed by atoms with Gasteiger partial charge in [-0.15, -0.1) is 0 Å². The zero-order valence-corrected chi connectivity index (χ0v) is 35.6. The maximum atomic E-state index is 10.2. The molecule has 5 nitrogen and oxygen atoms in total. The molecule has 0 radical (unpaired) electrons. The predicted molar refractivity (Wildman–Crippen MR) is 269 cm³/mol. The molecule has 11 rings (SSSR count). The summed E-state index contributed by atoms with van der Waals surface area (Å²) in [6, 6.07) is 78.9. The molecule has 0 aliphatic rings. The largest absolute Gasteiger partial charge is 0.238 e. The van der Waals surface area contributed by atoms with Crippen molar-refractivity contribution in [3.05, 3.63) is 241 Å². The lowest BCUT2D eigenvalue weighted by Crippen LogP contribution is -2.00. The van der Waals surface area contributed by atoms with Gasteiger partial charge in [-0.05, 0) is 101 Å². The lowest BCUT2D eigenvalue weighted by Gasteiger charge is -2.13. The molecule has 11 aromatic rings. The highest BCUT2D eigenvalue weighted by atomic mass is 15.0. The van der Waals surface area contributed by atoms with Crippen molar-refractivity contribution >= 4 is 27.2 Å². The van der Waals surface area contributed by atoms with Gasteiger partial charge in [-0.2, -0.15) is 5.26 Å². The molecule has 0 fully saturated rings. The second kappa shape index (κ2) is 17.1. The van der Waals surface area contributed by atoms with Crippen LogP contribution in [0.5, 0.6) is 0 Å². The SMILES string of the molecule is [C-]#[N+]c1ccc(-c2cccc(-c3ccc(-c4ccc5ccc6ccccc6c5c4)cc3)c2)cc1-c1cccc(-c2nc(-c3ccccc3)nc(-c3ccc(-c4ccccc4)c(C#N)c3)n2)c1. The van der Waals surface area contributed by atoms with Crippen LogP contribution in [-0.2, 0) is 0 Å². The molecule has 0 aliphatic heterocycles. The molecule has 0 amide bonds. The summed E-state index contributed by atoms with van der Waals surface area (Å²) in [5.74, 6) is 1.47. The lowest BCUT2D eigenvalue weighted by molar-refractivity contribution is 1.07. The van der Waals surface area contributed by atoms with Gasteiger partial charge in [0, 0.05) is 16.7 Å². The minimum Gasteiger partial charge on any atom is -0.238 e. The molecular weight excluding hydrogens is 803 g/mol. The van der Waals surface area contributed by atoms with Gasteiger partial charge < -0.3 is 0 Å². The van der Waals surface area contributed by atoms with Crippen LogP contribution < -0.4 is 0 Å². The smallest absolute Gasteiger partial charge is 0.194 e. The van der Waals surface area contributed by atoms with Gasteiger partial charge in [0.15, 0.2) is 23.2 Å². The molecule has 0 unspecified atom stereocenters. The first-order valence-electron chi connectivity index (χ1n) is 21.8. The Balaban J connectivity index is 0.924. The van der Waals surface area contributed by atoms with Gasteiger partial charge >= 0.3 is 0 Å². The van der Waals surface area contributed by atoms with Gasteiger partial charge in [0.05, 0.1) is 18.2 Å². The standard InChI is InChI=1S/C61H37N5/c1-63-58-33-31-49(47-18-10-17-46(34-47)40-22-24-41(25-23-40)48-29-28-44-27-26-43-14-8-9-21-55(43)56(44)37-48)38-57(58)50-19-11-20-51(35-50)60-64-59(45-15-6-3-7-16-45)65-61(66-60)52-30-32-54(53(36-52)39-62)42-12-4-2-5-13-42/h2-38H. The zero-order chi connectivity index (χ0) is 44.4. The molecular formula is C61H37N5. The van der Waals surface area contributed by atoms with Crippen LogP contribution in [0.15, 0.2) is 224 Å². The third kappa shape index (κ3) is 7.64. The Hall–Kier alpha value is -9.29. The molecule has 5 heteroatoms. The van der Waals surface area contributed by atoms with Gasteiger partial charge in [0.2, 0.25) is 0 Å². The number of aromatic nitrogens is 3. The molecule has 66 heavy (non-hydrogen) atoms. The third-order valence-electron chi connectivity index (χ3n) is 12.2. The molecule has 0 saturated heterocycles. The fourth-order valence-electron chi connectivity index (χ4n) is 8.78. The van der Waals surface area contributed by atoms with Crippen LogP contribution in [0.25, 0.3) is 116 Å². The Bertz CT molecular complexity index is 3710. The molecule has 0 saturated carbocycles. The number of rotatable bonds is 8. The molecule has 0 N–H and O–H groups in total. The number of nitrogens with zero attached hydrogens (tertiary/aromatic N) is 5. The van der Waals surface area contributed by atoms with E-state index in [0.717, 1.165) is 55.6 Å². The molecule has 0 bridgehead atoms. The number of hydrogen-bond donors (Lipinski definition) is 0. The molecule has 0 atom stereocenters. The summed E-state index contributed by atoms with van der Waals surface area (Å²) >= 11 is 0. The van der Waals surface area contributed by atoms with Crippen LogP contribution in [0.1, 0.15) is 5.56 Å². The Morgan fingerprint density at radius 2 is 0.803 bits per heavy atom. The second-order valence-electron chi connectivity index (χ2n) is 16.2. The minimum absolute atomic E-state index is 0.459. The fourth-order valence-corrected chi connectivity index (χ4v) is 8.78. The number of fused-ring (bicyclic) bond motifs is 3. The highest BCUT2D eigenvalue weighted by Crippen LogP contribution is 2.38. The van der Waals surface area contributed by atoms with Crippen molar-refractivity contribution in [3.63, 3.8) is 0 Å². The first-order valence-corrected chi connectivity index (χ1v) is 21.8. The highest BCUT2D eigenvalue weighted by molar-refractivity contribution is 6.08. The topological polar surface area (TPSA) is 66.8 Å². The molecule has 10 aromatic carbocycles. The molecule has 0 spiro atoms. The molecule has 1 aromatic heterocycles. The summed E-state index contributed by atoms with van der Waals surface area (Å²) in [6.07, 6.45) is 0. The number of nitriles is 1. The van der Waals surface area contributed by atoms with E-state index in [1.54, 1.807) is 0 Å². The quantitative estimate of drug-likeness (QED) is 0.113. The summed E-state index contributed by atoms with van der Waals surface area (Å²) < 4.78 is 0.